The van der Waals surface area contributed by atoms with Crippen LogP contribution < -0.4 is 5.43 Å². The second-order valence-corrected chi connectivity index (χ2v) is 5.26. The lowest BCUT2D eigenvalue weighted by molar-refractivity contribution is -0.121. The summed E-state index contributed by atoms with van der Waals surface area (Å²) in [7, 11) is 0. The molecular weight excluding hydrogens is 273 g/mol. The number of halogens is 1. The zero-order valence-electron chi connectivity index (χ0n) is 11.9. The zero-order valence-corrected chi connectivity index (χ0v) is 11.9. The lowest BCUT2D eigenvalue weighted by atomic mass is 9.90. The molecule has 0 bridgehead atoms. The van der Waals surface area contributed by atoms with E-state index in [-0.39, 0.29) is 35.8 Å². The molecule has 1 aromatic carbocycles. The molecule has 1 heterocycles. The third-order valence-corrected chi connectivity index (χ3v) is 3.39. The van der Waals surface area contributed by atoms with Gasteiger partial charge >= 0.3 is 0 Å². The number of nitrogens with zero attached hydrogens (tertiary/aromatic N) is 2. The third kappa shape index (κ3) is 3.09. The zero-order chi connectivity index (χ0) is 15.6. The number of hydrogen-bond acceptors (Lipinski definition) is 4. The number of nitriles is 1. The van der Waals surface area contributed by atoms with Crippen LogP contribution in [0.4, 0.5) is 4.39 Å². The van der Waals surface area contributed by atoms with Crippen molar-refractivity contribution in [1.82, 2.24) is 5.43 Å². The molecule has 5 nitrogen and oxygen atoms in total. The van der Waals surface area contributed by atoms with Crippen molar-refractivity contribution in [3.63, 3.8) is 0 Å². The molecule has 0 fully saturated rings. The number of carbonyl (C=O) groups excluding carboxylic acids is 1. The summed E-state index contributed by atoms with van der Waals surface area (Å²) in [6, 6.07) is 5.01. The Labute approximate surface area is 122 Å². The van der Waals surface area contributed by atoms with E-state index in [0.717, 1.165) is 0 Å². The van der Waals surface area contributed by atoms with E-state index in [4.69, 9.17) is 5.26 Å². The molecule has 1 aliphatic rings. The lowest BCUT2D eigenvalue weighted by Gasteiger charge is -2.20. The van der Waals surface area contributed by atoms with Crippen molar-refractivity contribution < 1.29 is 14.3 Å². The average molecular weight is 289 g/mol. The monoisotopic (exact) mass is 289 g/mol. The molecule has 2 atom stereocenters. The molecule has 1 aliphatic heterocycles. The Morgan fingerprint density at radius 1 is 1.62 bits per heavy atom. The van der Waals surface area contributed by atoms with Crippen molar-refractivity contribution in [3.05, 3.63) is 34.6 Å². The first-order valence-corrected chi connectivity index (χ1v) is 6.70. The minimum atomic E-state index is -0.660. The van der Waals surface area contributed by atoms with Gasteiger partial charge in [0.2, 0.25) is 5.91 Å². The highest BCUT2D eigenvalue weighted by molar-refractivity contribution is 6.06. The van der Waals surface area contributed by atoms with Crippen LogP contribution in [0.5, 0.6) is 0 Å². The van der Waals surface area contributed by atoms with Crippen LogP contribution in [0.25, 0.3) is 0 Å². The highest BCUT2D eigenvalue weighted by Crippen LogP contribution is 2.24. The highest BCUT2D eigenvalue weighted by atomic mass is 19.1. The van der Waals surface area contributed by atoms with E-state index in [1.165, 1.54) is 0 Å². The summed E-state index contributed by atoms with van der Waals surface area (Å²) in [5, 5.41) is 22.5. The van der Waals surface area contributed by atoms with E-state index in [1.54, 1.807) is 26.0 Å². The molecule has 0 saturated heterocycles. The number of benzene rings is 1. The van der Waals surface area contributed by atoms with E-state index >= 15 is 0 Å². The van der Waals surface area contributed by atoms with E-state index in [9.17, 15) is 14.3 Å². The molecule has 2 N–H and O–H groups in total. The van der Waals surface area contributed by atoms with Crippen LogP contribution >= 0.6 is 0 Å². The van der Waals surface area contributed by atoms with Gasteiger partial charge in [0.25, 0.3) is 0 Å². The van der Waals surface area contributed by atoms with Crippen LogP contribution in [0.3, 0.4) is 0 Å². The highest BCUT2D eigenvalue weighted by Gasteiger charge is 2.25. The fourth-order valence-corrected chi connectivity index (χ4v) is 2.40. The van der Waals surface area contributed by atoms with Gasteiger partial charge in [-0.2, -0.15) is 10.4 Å². The maximum absolute atomic E-state index is 14.5. The minimum Gasteiger partial charge on any atom is -0.393 e. The number of aliphatic hydroxyl groups excluding tert-OH is 1. The molecular formula is C15H16FN3O2. The molecule has 0 radical (unpaired) electrons. The summed E-state index contributed by atoms with van der Waals surface area (Å²) in [6.45, 7) is 3.36. The Balaban J connectivity index is 2.48. The van der Waals surface area contributed by atoms with E-state index in [0.29, 0.717) is 11.3 Å². The van der Waals surface area contributed by atoms with Crippen LogP contribution in [-0.2, 0) is 11.2 Å². The van der Waals surface area contributed by atoms with Crippen molar-refractivity contribution in [3.8, 4) is 6.07 Å². The summed E-state index contributed by atoms with van der Waals surface area (Å²) in [4.78, 5) is 11.2. The van der Waals surface area contributed by atoms with Crippen LogP contribution in [-0.4, -0.2) is 22.8 Å². The Hall–Kier alpha value is -2.26. The van der Waals surface area contributed by atoms with Crippen molar-refractivity contribution in [1.29, 1.82) is 5.26 Å². The standard InChI is InChI=1S/C15H16FN3O2/c1-8-5-13(21)18-19-15(8)11-4-3-10(6-9(2)20)12(7-17)14(11)16/h3-4,8-9,20H,5-6H2,1-2H3,(H,18,21). The maximum atomic E-state index is 14.5. The third-order valence-electron chi connectivity index (χ3n) is 3.39. The largest absolute Gasteiger partial charge is 0.393 e. The minimum absolute atomic E-state index is 0.0831. The molecule has 0 aliphatic carbocycles. The SMILES string of the molecule is CC(O)Cc1ccc(C2=NNC(=O)CC2C)c(F)c1C#N. The van der Waals surface area contributed by atoms with Gasteiger partial charge < -0.3 is 5.11 Å². The van der Waals surface area contributed by atoms with Crippen LogP contribution in [0.2, 0.25) is 0 Å². The molecule has 2 rings (SSSR count). The number of hydrogen-bond donors (Lipinski definition) is 2. The first-order valence-electron chi connectivity index (χ1n) is 6.70. The number of hydrazone groups is 1. The van der Waals surface area contributed by atoms with Gasteiger partial charge in [0.15, 0.2) is 0 Å². The Kier molecular flexibility index (Phi) is 4.34. The normalized spacial score (nSPS) is 19.5. The van der Waals surface area contributed by atoms with Gasteiger partial charge in [-0.3, -0.25) is 4.79 Å². The summed E-state index contributed by atoms with van der Waals surface area (Å²) >= 11 is 0. The Morgan fingerprint density at radius 2 is 2.33 bits per heavy atom. The first kappa shape index (κ1) is 15.1. The van der Waals surface area contributed by atoms with Crippen LogP contribution in [0, 0.1) is 23.1 Å². The van der Waals surface area contributed by atoms with E-state index in [1.807, 2.05) is 6.07 Å². The molecule has 1 aromatic rings. The number of aliphatic hydroxyl groups is 1. The van der Waals surface area contributed by atoms with Crippen molar-refractivity contribution >= 4 is 11.6 Å². The van der Waals surface area contributed by atoms with Gasteiger partial charge in [0, 0.05) is 17.9 Å². The van der Waals surface area contributed by atoms with Gasteiger partial charge in [-0.05, 0) is 25.0 Å². The molecule has 0 spiro atoms. The first-order chi connectivity index (χ1) is 9.93. The fourth-order valence-electron chi connectivity index (χ4n) is 2.40. The molecule has 110 valence electrons. The van der Waals surface area contributed by atoms with Gasteiger partial charge in [-0.25, -0.2) is 9.82 Å². The molecule has 6 heteroatoms. The lowest BCUT2D eigenvalue weighted by Crippen LogP contribution is -2.32. The van der Waals surface area contributed by atoms with Gasteiger partial charge in [-0.15, -0.1) is 0 Å². The van der Waals surface area contributed by atoms with Crippen LogP contribution in [0.1, 0.15) is 37.0 Å². The van der Waals surface area contributed by atoms with Crippen molar-refractivity contribution in [2.75, 3.05) is 0 Å². The molecule has 0 aromatic heterocycles. The number of nitrogens with one attached hydrogen (secondary N) is 1. The predicted molar refractivity (Wildman–Crippen MR) is 75.0 cm³/mol. The molecule has 1 amide bonds. The Bertz CT molecular complexity index is 647. The fraction of sp³-hybridized carbons (Fsp3) is 0.400. The maximum Gasteiger partial charge on any atom is 0.240 e. The smallest absolute Gasteiger partial charge is 0.240 e. The quantitative estimate of drug-likeness (QED) is 0.883. The summed E-state index contributed by atoms with van der Waals surface area (Å²) in [5.74, 6) is -1.09. The predicted octanol–water partition coefficient (Wildman–Crippen LogP) is 1.48. The van der Waals surface area contributed by atoms with Gasteiger partial charge in [0.05, 0.1) is 17.4 Å². The topological polar surface area (TPSA) is 85.5 Å². The summed E-state index contributed by atoms with van der Waals surface area (Å²) < 4.78 is 14.5. The second-order valence-electron chi connectivity index (χ2n) is 5.26. The Morgan fingerprint density at radius 3 is 2.90 bits per heavy atom. The van der Waals surface area contributed by atoms with E-state index < -0.39 is 11.9 Å². The van der Waals surface area contributed by atoms with Crippen molar-refractivity contribution in [2.24, 2.45) is 11.0 Å². The number of amides is 1. The van der Waals surface area contributed by atoms with Crippen molar-refractivity contribution in [2.45, 2.75) is 32.8 Å². The molecule has 21 heavy (non-hydrogen) atoms. The molecule has 2 unspecified atom stereocenters. The second kappa shape index (κ2) is 6.02. The van der Waals surface area contributed by atoms with Gasteiger partial charge in [0.1, 0.15) is 11.9 Å². The van der Waals surface area contributed by atoms with Gasteiger partial charge in [-0.1, -0.05) is 13.0 Å². The molecule has 0 saturated carbocycles. The summed E-state index contributed by atoms with van der Waals surface area (Å²) in [6.07, 6.45) is -0.221. The number of carbonyl (C=O) groups is 1. The van der Waals surface area contributed by atoms with E-state index in [2.05, 4.69) is 10.5 Å². The average Bonchev–Trinajstić information content (AvgIpc) is 2.40. The summed E-state index contributed by atoms with van der Waals surface area (Å²) in [5.41, 5.74) is 3.35. The van der Waals surface area contributed by atoms with Crippen LogP contribution in [0.15, 0.2) is 17.2 Å². The number of rotatable bonds is 3.